The van der Waals surface area contributed by atoms with Crippen LogP contribution in [0.2, 0.25) is 0 Å². The predicted molar refractivity (Wildman–Crippen MR) is 124 cm³/mol. The molecule has 3 aromatic rings. The van der Waals surface area contributed by atoms with E-state index in [0.717, 1.165) is 12.1 Å². The molecule has 0 aliphatic carbocycles. The smallest absolute Gasteiger partial charge is 0.340 e. The molecule has 0 unspecified atom stereocenters. The van der Waals surface area contributed by atoms with Crippen molar-refractivity contribution in [2.24, 2.45) is 0 Å². The van der Waals surface area contributed by atoms with E-state index in [2.05, 4.69) is 10.0 Å². The second-order valence-electron chi connectivity index (χ2n) is 7.61. The van der Waals surface area contributed by atoms with E-state index in [4.69, 9.17) is 9.47 Å². The van der Waals surface area contributed by atoms with Crippen LogP contribution in [0.5, 0.6) is 5.75 Å². The van der Waals surface area contributed by atoms with Crippen molar-refractivity contribution in [2.75, 3.05) is 23.3 Å². The molecule has 1 heterocycles. The predicted octanol–water partition coefficient (Wildman–Crippen LogP) is 3.31. The van der Waals surface area contributed by atoms with Gasteiger partial charge in [-0.2, -0.15) is 0 Å². The molecule has 0 atom stereocenters. The van der Waals surface area contributed by atoms with E-state index < -0.39 is 34.2 Å². The molecule has 1 aliphatic heterocycles. The number of para-hydroxylation sites is 1. The van der Waals surface area contributed by atoms with E-state index >= 15 is 0 Å². The van der Waals surface area contributed by atoms with Gasteiger partial charge in [0.05, 0.1) is 21.8 Å². The zero-order valence-electron chi connectivity index (χ0n) is 18.3. The Bertz CT molecular complexity index is 1450. The Kier molecular flexibility index (Phi) is 6.52. The van der Waals surface area contributed by atoms with Crippen molar-refractivity contribution in [3.05, 3.63) is 83.2 Å². The van der Waals surface area contributed by atoms with Gasteiger partial charge >= 0.3 is 5.97 Å². The van der Waals surface area contributed by atoms with Crippen molar-refractivity contribution in [3.8, 4) is 5.75 Å². The lowest BCUT2D eigenvalue weighted by Gasteiger charge is -2.18. The standard InChI is InChI=1S/C24H19FN2O7S/c1-14-10-16(7-8-18(14)25)35(31,32)27-19-5-3-2-4-17(19)24(30)34-12-21(28)15-6-9-22-20(11-15)26-23(29)13-33-22/h2-11,27H,12-13H2,1H3,(H,26,29). The third-order valence-corrected chi connectivity index (χ3v) is 6.46. The van der Waals surface area contributed by atoms with Crippen molar-refractivity contribution >= 4 is 39.1 Å². The highest BCUT2D eigenvalue weighted by molar-refractivity contribution is 7.92. The molecule has 0 saturated heterocycles. The van der Waals surface area contributed by atoms with Gasteiger partial charge in [-0.3, -0.25) is 14.3 Å². The van der Waals surface area contributed by atoms with E-state index in [-0.39, 0.29) is 39.8 Å². The van der Waals surface area contributed by atoms with Crippen LogP contribution in [0.4, 0.5) is 15.8 Å². The Morgan fingerprint density at radius 2 is 1.89 bits per heavy atom. The number of hydrogen-bond donors (Lipinski definition) is 2. The Morgan fingerprint density at radius 3 is 2.66 bits per heavy atom. The van der Waals surface area contributed by atoms with Gasteiger partial charge in [0.2, 0.25) is 0 Å². The molecule has 35 heavy (non-hydrogen) atoms. The molecule has 1 aliphatic rings. The first-order chi connectivity index (χ1) is 16.6. The van der Waals surface area contributed by atoms with Gasteiger partial charge < -0.3 is 14.8 Å². The number of Topliss-reactive ketones (excluding diaryl/α,β-unsaturated/α-hetero) is 1. The highest BCUT2D eigenvalue weighted by Crippen LogP contribution is 2.29. The monoisotopic (exact) mass is 498 g/mol. The number of carbonyl (C=O) groups excluding carboxylic acids is 3. The van der Waals surface area contributed by atoms with Gasteiger partial charge in [0, 0.05) is 5.56 Å². The minimum Gasteiger partial charge on any atom is -0.482 e. The lowest BCUT2D eigenvalue weighted by molar-refractivity contribution is -0.118. The second-order valence-corrected chi connectivity index (χ2v) is 9.29. The Labute approximate surface area is 199 Å². The molecule has 0 aromatic heterocycles. The number of benzene rings is 3. The SMILES string of the molecule is Cc1cc(S(=O)(=O)Nc2ccccc2C(=O)OCC(=O)c2ccc3c(c2)NC(=O)CO3)ccc1F. The molecule has 9 nitrogen and oxygen atoms in total. The molecule has 2 N–H and O–H groups in total. The molecule has 0 spiro atoms. The first-order valence-electron chi connectivity index (χ1n) is 10.3. The summed E-state index contributed by atoms with van der Waals surface area (Å²) >= 11 is 0. The number of ether oxygens (including phenoxy) is 2. The zero-order chi connectivity index (χ0) is 25.2. The number of fused-ring (bicyclic) bond motifs is 1. The van der Waals surface area contributed by atoms with Gasteiger partial charge in [-0.15, -0.1) is 0 Å². The normalized spacial score (nSPS) is 12.7. The van der Waals surface area contributed by atoms with Crippen molar-refractivity contribution in [2.45, 2.75) is 11.8 Å². The average molecular weight is 498 g/mol. The number of esters is 1. The van der Waals surface area contributed by atoms with Gasteiger partial charge in [-0.25, -0.2) is 17.6 Å². The van der Waals surface area contributed by atoms with Gasteiger partial charge in [0.25, 0.3) is 15.9 Å². The lowest BCUT2D eigenvalue weighted by Crippen LogP contribution is -2.25. The summed E-state index contributed by atoms with van der Waals surface area (Å²) in [6, 6.07) is 13.4. The third kappa shape index (κ3) is 5.30. The number of anilines is 2. The van der Waals surface area contributed by atoms with Crippen LogP contribution in [0.25, 0.3) is 0 Å². The van der Waals surface area contributed by atoms with Crippen LogP contribution in [0, 0.1) is 12.7 Å². The maximum absolute atomic E-state index is 13.5. The van der Waals surface area contributed by atoms with Crippen LogP contribution in [0.3, 0.4) is 0 Å². The quantitative estimate of drug-likeness (QED) is 0.378. The minimum absolute atomic E-state index is 0.0689. The molecule has 1 amide bonds. The van der Waals surface area contributed by atoms with Gasteiger partial charge in [-0.1, -0.05) is 12.1 Å². The summed E-state index contributed by atoms with van der Waals surface area (Å²) in [6.45, 7) is 0.687. The van der Waals surface area contributed by atoms with E-state index in [1.54, 1.807) is 0 Å². The summed E-state index contributed by atoms with van der Waals surface area (Å²) in [7, 11) is -4.13. The summed E-state index contributed by atoms with van der Waals surface area (Å²) in [5.74, 6) is -1.96. The molecule has 0 fully saturated rings. The lowest BCUT2D eigenvalue weighted by atomic mass is 10.1. The summed E-state index contributed by atoms with van der Waals surface area (Å²) < 4.78 is 51.7. The zero-order valence-corrected chi connectivity index (χ0v) is 19.1. The number of sulfonamides is 1. The number of aryl methyl sites for hydroxylation is 1. The Balaban J connectivity index is 1.47. The van der Waals surface area contributed by atoms with Gasteiger partial charge in [0.15, 0.2) is 19.0 Å². The van der Waals surface area contributed by atoms with E-state index in [9.17, 15) is 27.2 Å². The topological polar surface area (TPSA) is 128 Å². The Morgan fingerprint density at radius 1 is 1.11 bits per heavy atom. The van der Waals surface area contributed by atoms with Crippen LogP contribution in [-0.4, -0.2) is 39.3 Å². The molecule has 11 heteroatoms. The number of ketones is 1. The maximum atomic E-state index is 13.5. The second kappa shape index (κ2) is 9.55. The van der Waals surface area contributed by atoms with E-state index in [1.165, 1.54) is 55.5 Å². The fourth-order valence-electron chi connectivity index (χ4n) is 3.29. The molecule has 0 radical (unpaired) electrons. The fraction of sp³-hybridized carbons (Fsp3) is 0.125. The summed E-state index contributed by atoms with van der Waals surface area (Å²) in [6.07, 6.45) is 0. The van der Waals surface area contributed by atoms with Crippen LogP contribution in [0.15, 0.2) is 65.6 Å². The molecule has 0 saturated carbocycles. The fourth-order valence-corrected chi connectivity index (χ4v) is 4.45. The number of nitrogens with one attached hydrogen (secondary N) is 2. The molecule has 0 bridgehead atoms. The Hall–Kier alpha value is -4.25. The number of halogens is 1. The third-order valence-electron chi connectivity index (χ3n) is 5.10. The van der Waals surface area contributed by atoms with Crippen molar-refractivity contribution in [1.29, 1.82) is 0 Å². The number of carbonyl (C=O) groups is 3. The van der Waals surface area contributed by atoms with Crippen molar-refractivity contribution < 1.29 is 36.7 Å². The summed E-state index contributed by atoms with van der Waals surface area (Å²) in [5, 5.41) is 2.59. The molecule has 3 aromatic carbocycles. The van der Waals surface area contributed by atoms with Crippen LogP contribution >= 0.6 is 0 Å². The average Bonchev–Trinajstić information content (AvgIpc) is 2.83. The number of hydrogen-bond acceptors (Lipinski definition) is 7. The first kappa shape index (κ1) is 23.9. The highest BCUT2D eigenvalue weighted by Gasteiger charge is 2.22. The molecule has 180 valence electrons. The summed E-state index contributed by atoms with van der Waals surface area (Å²) in [5.41, 5.74) is 0.471. The minimum atomic E-state index is -4.13. The largest absolute Gasteiger partial charge is 0.482 e. The molecular formula is C24H19FN2O7S. The van der Waals surface area contributed by atoms with Crippen LogP contribution in [0.1, 0.15) is 26.3 Å². The van der Waals surface area contributed by atoms with E-state index in [0.29, 0.717) is 11.4 Å². The van der Waals surface area contributed by atoms with Crippen LogP contribution in [-0.2, 0) is 19.6 Å². The first-order valence-corrected chi connectivity index (χ1v) is 11.8. The summed E-state index contributed by atoms with van der Waals surface area (Å²) in [4.78, 5) is 36.5. The van der Waals surface area contributed by atoms with Crippen LogP contribution < -0.4 is 14.8 Å². The van der Waals surface area contributed by atoms with Crippen molar-refractivity contribution in [1.82, 2.24) is 0 Å². The highest BCUT2D eigenvalue weighted by atomic mass is 32.2. The number of rotatable bonds is 7. The molecular weight excluding hydrogens is 479 g/mol. The van der Waals surface area contributed by atoms with Crippen molar-refractivity contribution in [3.63, 3.8) is 0 Å². The van der Waals surface area contributed by atoms with Gasteiger partial charge in [-0.05, 0) is 61.0 Å². The van der Waals surface area contributed by atoms with E-state index in [1.807, 2.05) is 0 Å². The van der Waals surface area contributed by atoms with Gasteiger partial charge in [0.1, 0.15) is 11.6 Å². The number of amides is 1. The maximum Gasteiger partial charge on any atom is 0.340 e. The molecule has 4 rings (SSSR count).